The van der Waals surface area contributed by atoms with Crippen LogP contribution in [0.4, 0.5) is 0 Å². The Labute approximate surface area is 204 Å². The van der Waals surface area contributed by atoms with E-state index < -0.39 is 0 Å². The minimum absolute atomic E-state index is 0.00885. The van der Waals surface area contributed by atoms with Gasteiger partial charge in [0.05, 0.1) is 13.7 Å². The molecule has 0 amide bonds. The van der Waals surface area contributed by atoms with Crippen LogP contribution in [0.3, 0.4) is 0 Å². The second-order valence-electron chi connectivity index (χ2n) is 10.5. The number of hydrogen-bond acceptors (Lipinski definition) is 3. The zero-order valence-electron chi connectivity index (χ0n) is 21.0. The van der Waals surface area contributed by atoms with Crippen LogP contribution in [-0.4, -0.2) is 18.8 Å². The SMILES string of the molecule is COc1ccc(/C=C/CO)cc1-c1cc2c(cc1OCc1ccccc1)C(C)(C)CCC2(C)C. The summed E-state index contributed by atoms with van der Waals surface area (Å²) in [6, 6.07) is 21.0. The van der Waals surface area contributed by atoms with E-state index in [2.05, 4.69) is 58.0 Å². The molecule has 1 aliphatic carbocycles. The van der Waals surface area contributed by atoms with E-state index in [1.165, 1.54) is 11.1 Å². The summed E-state index contributed by atoms with van der Waals surface area (Å²) < 4.78 is 12.3. The van der Waals surface area contributed by atoms with E-state index in [1.807, 2.05) is 36.4 Å². The first-order valence-electron chi connectivity index (χ1n) is 12.1. The standard InChI is InChI=1S/C31H36O3/c1-30(2)15-16-31(3,4)27-20-29(34-21-23-10-7-6-8-11-23)25(19-26(27)30)24-18-22(12-9-17-32)13-14-28(24)33-5/h6-14,18-20,32H,15-17,21H2,1-5H3/b12-9+. The molecule has 3 heteroatoms. The molecule has 0 saturated heterocycles. The van der Waals surface area contributed by atoms with Crippen molar-refractivity contribution in [1.29, 1.82) is 0 Å². The van der Waals surface area contributed by atoms with Crippen LogP contribution in [0.15, 0.2) is 66.7 Å². The molecule has 0 fully saturated rings. The summed E-state index contributed by atoms with van der Waals surface area (Å²) in [4.78, 5) is 0. The number of aliphatic hydroxyl groups is 1. The van der Waals surface area contributed by atoms with Crippen molar-refractivity contribution in [3.8, 4) is 22.6 Å². The normalized spacial score (nSPS) is 16.3. The molecule has 3 nitrogen and oxygen atoms in total. The molecule has 0 unspecified atom stereocenters. The Hall–Kier alpha value is -3.04. The van der Waals surface area contributed by atoms with Crippen molar-refractivity contribution in [3.05, 3.63) is 89.0 Å². The van der Waals surface area contributed by atoms with Crippen LogP contribution in [0.1, 0.15) is 62.8 Å². The van der Waals surface area contributed by atoms with Gasteiger partial charge in [-0.1, -0.05) is 76.2 Å². The summed E-state index contributed by atoms with van der Waals surface area (Å²) in [7, 11) is 1.71. The first kappa shape index (κ1) is 24.1. The third-order valence-electron chi connectivity index (χ3n) is 7.12. The minimum atomic E-state index is 0.00885. The van der Waals surface area contributed by atoms with Crippen molar-refractivity contribution in [2.24, 2.45) is 0 Å². The topological polar surface area (TPSA) is 38.7 Å². The highest BCUT2D eigenvalue weighted by molar-refractivity contribution is 5.80. The minimum Gasteiger partial charge on any atom is -0.496 e. The highest BCUT2D eigenvalue weighted by Crippen LogP contribution is 2.50. The maximum Gasteiger partial charge on any atom is 0.128 e. The Morgan fingerprint density at radius 3 is 2.12 bits per heavy atom. The molecule has 0 bridgehead atoms. The molecule has 0 spiro atoms. The van der Waals surface area contributed by atoms with Gasteiger partial charge in [0, 0.05) is 11.1 Å². The van der Waals surface area contributed by atoms with E-state index in [1.54, 1.807) is 13.2 Å². The van der Waals surface area contributed by atoms with Crippen LogP contribution in [-0.2, 0) is 17.4 Å². The first-order chi connectivity index (χ1) is 16.2. The van der Waals surface area contributed by atoms with Gasteiger partial charge in [-0.15, -0.1) is 0 Å². The van der Waals surface area contributed by atoms with Gasteiger partial charge in [-0.25, -0.2) is 0 Å². The van der Waals surface area contributed by atoms with Crippen LogP contribution in [0.5, 0.6) is 11.5 Å². The predicted octanol–water partition coefficient (Wildman–Crippen LogP) is 7.30. The van der Waals surface area contributed by atoms with Crippen molar-refractivity contribution >= 4 is 6.08 Å². The van der Waals surface area contributed by atoms with Gasteiger partial charge in [-0.05, 0) is 70.2 Å². The van der Waals surface area contributed by atoms with Crippen molar-refractivity contribution in [2.75, 3.05) is 13.7 Å². The van der Waals surface area contributed by atoms with Crippen molar-refractivity contribution < 1.29 is 14.6 Å². The number of aliphatic hydroxyl groups excluding tert-OH is 1. The van der Waals surface area contributed by atoms with Gasteiger partial charge in [0.15, 0.2) is 0 Å². The van der Waals surface area contributed by atoms with Crippen LogP contribution in [0.2, 0.25) is 0 Å². The van der Waals surface area contributed by atoms with Crippen LogP contribution < -0.4 is 9.47 Å². The lowest BCUT2D eigenvalue weighted by Crippen LogP contribution is -2.33. The van der Waals surface area contributed by atoms with Gasteiger partial charge in [0.2, 0.25) is 0 Å². The number of rotatable bonds is 7. The predicted molar refractivity (Wildman–Crippen MR) is 141 cm³/mol. The molecule has 0 heterocycles. The largest absolute Gasteiger partial charge is 0.496 e. The molecular weight excluding hydrogens is 420 g/mol. The molecule has 0 saturated carbocycles. The lowest BCUT2D eigenvalue weighted by atomic mass is 9.62. The molecule has 0 atom stereocenters. The van der Waals surface area contributed by atoms with Gasteiger partial charge in [-0.3, -0.25) is 0 Å². The Morgan fingerprint density at radius 2 is 1.47 bits per heavy atom. The molecule has 0 aromatic heterocycles. The maximum absolute atomic E-state index is 9.24. The van der Waals surface area contributed by atoms with Crippen LogP contribution in [0, 0.1) is 0 Å². The number of benzene rings is 3. The van der Waals surface area contributed by atoms with Crippen LogP contribution in [0.25, 0.3) is 17.2 Å². The van der Waals surface area contributed by atoms with Gasteiger partial charge >= 0.3 is 0 Å². The lowest BCUT2D eigenvalue weighted by Gasteiger charge is -2.42. The molecule has 1 N–H and O–H groups in total. The second kappa shape index (κ2) is 9.68. The maximum atomic E-state index is 9.24. The van der Waals surface area contributed by atoms with E-state index >= 15 is 0 Å². The zero-order valence-corrected chi connectivity index (χ0v) is 21.0. The number of hydrogen-bond donors (Lipinski definition) is 1. The van der Waals surface area contributed by atoms with E-state index in [4.69, 9.17) is 9.47 Å². The summed E-state index contributed by atoms with van der Waals surface area (Å²) in [5.74, 6) is 1.67. The Morgan fingerprint density at radius 1 is 0.824 bits per heavy atom. The van der Waals surface area contributed by atoms with E-state index in [-0.39, 0.29) is 17.4 Å². The molecule has 178 valence electrons. The summed E-state index contributed by atoms with van der Waals surface area (Å²) in [6.07, 6.45) is 5.97. The Balaban J connectivity index is 1.91. The van der Waals surface area contributed by atoms with Gasteiger partial charge in [0.25, 0.3) is 0 Å². The van der Waals surface area contributed by atoms with Gasteiger partial charge < -0.3 is 14.6 Å². The fourth-order valence-electron chi connectivity index (χ4n) is 4.89. The molecule has 34 heavy (non-hydrogen) atoms. The molecule has 4 rings (SSSR count). The molecular formula is C31H36O3. The van der Waals surface area contributed by atoms with E-state index in [0.29, 0.717) is 6.61 Å². The fraction of sp³-hybridized carbons (Fsp3) is 0.355. The summed E-state index contributed by atoms with van der Waals surface area (Å²) >= 11 is 0. The average Bonchev–Trinajstić information content (AvgIpc) is 2.84. The van der Waals surface area contributed by atoms with Crippen molar-refractivity contribution in [3.63, 3.8) is 0 Å². The van der Waals surface area contributed by atoms with Crippen molar-refractivity contribution in [1.82, 2.24) is 0 Å². The number of ether oxygens (including phenoxy) is 2. The third-order valence-corrected chi connectivity index (χ3v) is 7.12. The first-order valence-corrected chi connectivity index (χ1v) is 12.1. The van der Waals surface area contributed by atoms with E-state index in [0.717, 1.165) is 46.6 Å². The molecule has 3 aromatic rings. The van der Waals surface area contributed by atoms with Gasteiger partial charge in [0.1, 0.15) is 18.1 Å². The Bertz CT molecular complexity index is 1170. The highest BCUT2D eigenvalue weighted by Gasteiger charge is 2.38. The van der Waals surface area contributed by atoms with E-state index in [9.17, 15) is 5.11 Å². The third kappa shape index (κ3) is 4.90. The average molecular weight is 457 g/mol. The second-order valence-corrected chi connectivity index (χ2v) is 10.5. The molecule has 3 aromatic carbocycles. The fourth-order valence-corrected chi connectivity index (χ4v) is 4.89. The van der Waals surface area contributed by atoms with Gasteiger partial charge in [-0.2, -0.15) is 0 Å². The number of fused-ring (bicyclic) bond motifs is 1. The quantitative estimate of drug-likeness (QED) is 0.405. The highest BCUT2D eigenvalue weighted by atomic mass is 16.5. The summed E-state index contributed by atoms with van der Waals surface area (Å²) in [5.41, 5.74) is 7.09. The van der Waals surface area contributed by atoms with Crippen molar-refractivity contribution in [2.45, 2.75) is 58.0 Å². The zero-order chi connectivity index (χ0) is 24.3. The van der Waals surface area contributed by atoms with Crippen LogP contribution >= 0.6 is 0 Å². The molecule has 0 radical (unpaired) electrons. The monoisotopic (exact) mass is 456 g/mol. The Kier molecular flexibility index (Phi) is 6.86. The smallest absolute Gasteiger partial charge is 0.128 e. The summed E-state index contributed by atoms with van der Waals surface area (Å²) in [5, 5.41) is 9.24. The molecule has 0 aliphatic heterocycles. The summed E-state index contributed by atoms with van der Waals surface area (Å²) in [6.45, 7) is 9.86. The number of methoxy groups -OCH3 is 1. The molecule has 1 aliphatic rings. The lowest BCUT2D eigenvalue weighted by molar-refractivity contribution is 0.300.